The highest BCUT2D eigenvalue weighted by Crippen LogP contribution is 2.29. The molecule has 1 aromatic rings. The van der Waals surface area contributed by atoms with Crippen LogP contribution in [0.25, 0.3) is 0 Å². The van der Waals surface area contributed by atoms with Crippen LogP contribution in [0.2, 0.25) is 0 Å². The zero-order valence-corrected chi connectivity index (χ0v) is 10.0. The predicted octanol–water partition coefficient (Wildman–Crippen LogP) is 2.60. The Kier molecular flexibility index (Phi) is 4.45. The van der Waals surface area contributed by atoms with Gasteiger partial charge in [-0.25, -0.2) is 9.97 Å². The monoisotopic (exact) mass is 247 g/mol. The summed E-state index contributed by atoms with van der Waals surface area (Å²) in [6.07, 6.45) is -2.57. The van der Waals surface area contributed by atoms with E-state index in [0.717, 1.165) is 12.3 Å². The Labute approximate surface area is 98.5 Å². The van der Waals surface area contributed by atoms with Gasteiger partial charge in [0.2, 0.25) is 0 Å². The van der Waals surface area contributed by atoms with Gasteiger partial charge in [0.1, 0.15) is 11.5 Å². The maximum atomic E-state index is 12.5. The first kappa shape index (κ1) is 13.9. The van der Waals surface area contributed by atoms with E-state index in [1.807, 2.05) is 13.8 Å². The maximum absolute atomic E-state index is 12.5. The lowest BCUT2D eigenvalue weighted by Gasteiger charge is -2.21. The second kappa shape index (κ2) is 5.44. The Bertz CT molecular complexity index is 365. The van der Waals surface area contributed by atoms with Gasteiger partial charge in [-0.1, -0.05) is 6.92 Å². The highest BCUT2D eigenvalue weighted by atomic mass is 19.4. The molecule has 0 radical (unpaired) electrons. The van der Waals surface area contributed by atoms with Crippen LogP contribution in [0.5, 0.6) is 0 Å². The van der Waals surface area contributed by atoms with Crippen molar-refractivity contribution < 1.29 is 13.2 Å². The first-order chi connectivity index (χ1) is 7.90. The number of hydrogen-bond donors (Lipinski definition) is 1. The molecule has 0 aliphatic rings. The fourth-order valence-corrected chi connectivity index (χ4v) is 1.67. The van der Waals surface area contributed by atoms with Gasteiger partial charge < -0.3 is 5.32 Å². The minimum Gasteiger partial charge on any atom is -0.317 e. The van der Waals surface area contributed by atoms with E-state index in [4.69, 9.17) is 0 Å². The van der Waals surface area contributed by atoms with E-state index in [-0.39, 0.29) is 17.8 Å². The van der Waals surface area contributed by atoms with E-state index in [0.29, 0.717) is 6.42 Å². The number of nitrogens with one attached hydrogen (secondary N) is 1. The molecule has 0 spiro atoms. The van der Waals surface area contributed by atoms with E-state index in [9.17, 15) is 13.2 Å². The van der Waals surface area contributed by atoms with Crippen LogP contribution in [0, 0.1) is 0 Å². The van der Waals surface area contributed by atoms with Crippen molar-refractivity contribution in [1.82, 2.24) is 15.3 Å². The lowest BCUT2D eigenvalue weighted by molar-refractivity contribution is -0.141. The van der Waals surface area contributed by atoms with E-state index in [1.165, 1.54) is 0 Å². The summed E-state index contributed by atoms with van der Waals surface area (Å²) in [4.78, 5) is 7.55. The summed E-state index contributed by atoms with van der Waals surface area (Å²) in [5.74, 6) is 0.117. The van der Waals surface area contributed by atoms with Crippen molar-refractivity contribution in [2.75, 3.05) is 7.05 Å². The van der Waals surface area contributed by atoms with Gasteiger partial charge in [-0.3, -0.25) is 0 Å². The molecule has 0 amide bonds. The Hall–Kier alpha value is -1.17. The summed E-state index contributed by atoms with van der Waals surface area (Å²) in [6, 6.07) is 0.920. The van der Waals surface area contributed by atoms with Crippen molar-refractivity contribution in [2.45, 2.75) is 38.4 Å². The molecule has 2 atom stereocenters. The molecule has 0 aromatic carbocycles. The van der Waals surface area contributed by atoms with Crippen LogP contribution in [-0.4, -0.2) is 23.1 Å². The van der Waals surface area contributed by atoms with Crippen LogP contribution in [0.15, 0.2) is 12.3 Å². The Morgan fingerprint density at radius 3 is 2.53 bits per heavy atom. The molecule has 2 unspecified atom stereocenters. The summed E-state index contributed by atoms with van der Waals surface area (Å²) in [5, 5.41) is 3.01. The van der Waals surface area contributed by atoms with Gasteiger partial charge >= 0.3 is 6.18 Å². The molecule has 1 N–H and O–H groups in total. The molecule has 17 heavy (non-hydrogen) atoms. The second-order valence-electron chi connectivity index (χ2n) is 3.89. The SMILES string of the molecule is CCC(c1nccc(C(F)(F)F)n1)C(C)NC. The van der Waals surface area contributed by atoms with E-state index < -0.39 is 11.9 Å². The molecule has 1 heterocycles. The van der Waals surface area contributed by atoms with Gasteiger partial charge in [0.25, 0.3) is 0 Å². The molecule has 0 bridgehead atoms. The average molecular weight is 247 g/mol. The number of nitrogens with zero attached hydrogens (tertiary/aromatic N) is 2. The van der Waals surface area contributed by atoms with E-state index in [1.54, 1.807) is 7.05 Å². The summed E-state index contributed by atoms with van der Waals surface area (Å²) in [5.41, 5.74) is -0.885. The summed E-state index contributed by atoms with van der Waals surface area (Å²) in [7, 11) is 1.76. The van der Waals surface area contributed by atoms with Gasteiger partial charge in [-0.2, -0.15) is 13.2 Å². The topological polar surface area (TPSA) is 37.8 Å². The molecule has 0 saturated carbocycles. The molecule has 0 aliphatic carbocycles. The lowest BCUT2D eigenvalue weighted by atomic mass is 9.97. The average Bonchev–Trinajstić information content (AvgIpc) is 2.29. The van der Waals surface area contributed by atoms with Crippen molar-refractivity contribution >= 4 is 0 Å². The molecule has 1 aromatic heterocycles. The Morgan fingerprint density at radius 2 is 2.06 bits per heavy atom. The number of halogens is 3. The van der Waals surface area contributed by atoms with Gasteiger partial charge in [-0.15, -0.1) is 0 Å². The number of rotatable bonds is 4. The van der Waals surface area contributed by atoms with Crippen LogP contribution in [0.1, 0.15) is 37.7 Å². The molecule has 96 valence electrons. The van der Waals surface area contributed by atoms with Crippen molar-refractivity contribution in [2.24, 2.45) is 0 Å². The minimum atomic E-state index is -4.42. The summed E-state index contributed by atoms with van der Waals surface area (Å²) < 4.78 is 37.5. The number of hydrogen-bond acceptors (Lipinski definition) is 3. The molecular weight excluding hydrogens is 231 g/mol. The van der Waals surface area contributed by atoms with Crippen LogP contribution < -0.4 is 5.32 Å². The highest BCUT2D eigenvalue weighted by molar-refractivity contribution is 5.10. The zero-order chi connectivity index (χ0) is 13.1. The molecule has 0 saturated heterocycles. The number of likely N-dealkylation sites (N-methyl/N-ethyl adjacent to an activating group) is 1. The van der Waals surface area contributed by atoms with Gasteiger partial charge in [0, 0.05) is 18.2 Å². The first-order valence-electron chi connectivity index (χ1n) is 5.47. The third-order valence-corrected chi connectivity index (χ3v) is 2.80. The van der Waals surface area contributed by atoms with Crippen molar-refractivity contribution in [3.05, 3.63) is 23.8 Å². The quantitative estimate of drug-likeness (QED) is 0.888. The molecule has 0 fully saturated rings. The van der Waals surface area contributed by atoms with E-state index >= 15 is 0 Å². The maximum Gasteiger partial charge on any atom is 0.433 e. The second-order valence-corrected chi connectivity index (χ2v) is 3.89. The van der Waals surface area contributed by atoms with Crippen LogP contribution in [0.3, 0.4) is 0 Å². The fourth-order valence-electron chi connectivity index (χ4n) is 1.67. The minimum absolute atomic E-state index is 0.0310. The van der Waals surface area contributed by atoms with Crippen molar-refractivity contribution in [3.8, 4) is 0 Å². The van der Waals surface area contributed by atoms with Crippen LogP contribution >= 0.6 is 0 Å². The largest absolute Gasteiger partial charge is 0.433 e. The normalized spacial score (nSPS) is 15.6. The van der Waals surface area contributed by atoms with Crippen molar-refractivity contribution in [3.63, 3.8) is 0 Å². The molecule has 0 aliphatic heterocycles. The molecular formula is C11H16F3N3. The highest BCUT2D eigenvalue weighted by Gasteiger charge is 2.33. The Balaban J connectivity index is 3.05. The smallest absolute Gasteiger partial charge is 0.317 e. The third-order valence-electron chi connectivity index (χ3n) is 2.80. The first-order valence-corrected chi connectivity index (χ1v) is 5.47. The summed E-state index contributed by atoms with van der Waals surface area (Å²) >= 11 is 0. The molecule has 3 nitrogen and oxygen atoms in total. The Morgan fingerprint density at radius 1 is 1.41 bits per heavy atom. The lowest BCUT2D eigenvalue weighted by Crippen LogP contribution is -2.30. The van der Waals surface area contributed by atoms with Crippen molar-refractivity contribution in [1.29, 1.82) is 0 Å². The zero-order valence-electron chi connectivity index (χ0n) is 10.0. The van der Waals surface area contributed by atoms with Gasteiger partial charge in [0.15, 0.2) is 0 Å². The number of aromatic nitrogens is 2. The molecule has 6 heteroatoms. The van der Waals surface area contributed by atoms with Crippen LogP contribution in [0.4, 0.5) is 13.2 Å². The van der Waals surface area contributed by atoms with Gasteiger partial charge in [-0.05, 0) is 26.5 Å². The standard InChI is InChI=1S/C11H16F3N3/c1-4-8(7(2)15-3)10-16-6-5-9(17-10)11(12,13)14/h5-8,15H,4H2,1-3H3. The van der Waals surface area contributed by atoms with Gasteiger partial charge in [0.05, 0.1) is 0 Å². The molecule has 1 rings (SSSR count). The van der Waals surface area contributed by atoms with Crippen LogP contribution in [-0.2, 0) is 6.18 Å². The fraction of sp³-hybridized carbons (Fsp3) is 0.636. The third kappa shape index (κ3) is 3.39. The predicted molar refractivity (Wildman–Crippen MR) is 58.6 cm³/mol. The number of alkyl halides is 3. The summed E-state index contributed by atoms with van der Waals surface area (Å²) in [6.45, 7) is 3.81. The van der Waals surface area contributed by atoms with E-state index in [2.05, 4.69) is 15.3 Å².